The maximum Gasteiger partial charge on any atom is 0.0387 e. The Balaban J connectivity index is 1.96. The lowest BCUT2D eigenvalue weighted by atomic mass is 10.1. The Morgan fingerprint density at radius 1 is 1.32 bits per heavy atom. The predicted octanol–water partition coefficient (Wildman–Crippen LogP) is 4.05. The molecule has 1 heterocycles. The molecule has 0 amide bonds. The van der Waals surface area contributed by atoms with E-state index in [-0.39, 0.29) is 0 Å². The first-order chi connectivity index (χ1) is 9.29. The van der Waals surface area contributed by atoms with Crippen LogP contribution in [-0.4, -0.2) is 24.0 Å². The monoisotopic (exact) mass is 258 g/mol. The highest BCUT2D eigenvalue weighted by molar-refractivity contribution is 5.51. The van der Waals surface area contributed by atoms with E-state index in [1.807, 2.05) is 6.08 Å². The molecule has 1 aromatic carbocycles. The smallest absolute Gasteiger partial charge is 0.0387 e. The molecule has 19 heavy (non-hydrogen) atoms. The van der Waals surface area contributed by atoms with Gasteiger partial charge in [-0.1, -0.05) is 24.3 Å². The van der Waals surface area contributed by atoms with Crippen LogP contribution < -0.4 is 5.32 Å². The van der Waals surface area contributed by atoms with Crippen LogP contribution in [0.2, 0.25) is 0 Å². The molecule has 1 N–H and O–H groups in total. The molecule has 1 fully saturated rings. The van der Waals surface area contributed by atoms with Crippen LogP contribution in [0.25, 0.3) is 0 Å². The molecule has 0 bridgehead atoms. The van der Waals surface area contributed by atoms with Crippen LogP contribution in [0.3, 0.4) is 0 Å². The van der Waals surface area contributed by atoms with E-state index < -0.39 is 0 Å². The van der Waals surface area contributed by atoms with E-state index in [2.05, 4.69) is 48.0 Å². The molecule has 0 spiro atoms. The highest BCUT2D eigenvalue weighted by Gasteiger charge is 2.14. The Morgan fingerprint density at radius 2 is 2.05 bits per heavy atom. The molecule has 1 aliphatic heterocycles. The molecule has 0 saturated carbocycles. The van der Waals surface area contributed by atoms with Gasteiger partial charge in [0.25, 0.3) is 0 Å². The minimum absolute atomic E-state index is 0.498. The lowest BCUT2D eigenvalue weighted by molar-refractivity contribution is 0.332. The summed E-state index contributed by atoms with van der Waals surface area (Å²) in [4.78, 5) is 2.55. The molecule has 1 atom stereocenters. The van der Waals surface area contributed by atoms with Crippen LogP contribution in [-0.2, 0) is 6.54 Å². The van der Waals surface area contributed by atoms with Crippen molar-refractivity contribution in [3.8, 4) is 0 Å². The first-order valence-corrected chi connectivity index (χ1v) is 7.47. The molecule has 1 saturated heterocycles. The number of nitrogens with one attached hydrogen (secondary N) is 1. The zero-order chi connectivity index (χ0) is 13.5. The Morgan fingerprint density at radius 3 is 2.79 bits per heavy atom. The van der Waals surface area contributed by atoms with Crippen LogP contribution in [0.15, 0.2) is 36.9 Å². The van der Waals surface area contributed by atoms with Gasteiger partial charge in [-0.25, -0.2) is 0 Å². The summed E-state index contributed by atoms with van der Waals surface area (Å²) in [6.07, 6.45) is 6.91. The third-order valence-electron chi connectivity index (χ3n) is 3.82. The summed E-state index contributed by atoms with van der Waals surface area (Å²) in [5.41, 5.74) is 2.72. The standard InChI is InChI=1S/C17H26N2/c1-3-4-9-15(2)18-17-11-6-5-10-16(17)14-19-12-7-8-13-19/h3,5-6,10-11,15,18H,1,4,7-9,12-14H2,2H3. The minimum atomic E-state index is 0.498. The predicted molar refractivity (Wildman–Crippen MR) is 83.5 cm³/mol. The van der Waals surface area contributed by atoms with Gasteiger partial charge in [0, 0.05) is 18.3 Å². The van der Waals surface area contributed by atoms with E-state index in [9.17, 15) is 0 Å². The number of benzene rings is 1. The van der Waals surface area contributed by atoms with E-state index in [0.29, 0.717) is 6.04 Å². The fraction of sp³-hybridized carbons (Fsp3) is 0.529. The van der Waals surface area contributed by atoms with Gasteiger partial charge in [-0.3, -0.25) is 4.90 Å². The fourth-order valence-corrected chi connectivity index (χ4v) is 2.69. The summed E-state index contributed by atoms with van der Waals surface area (Å²) in [5, 5.41) is 3.64. The van der Waals surface area contributed by atoms with Crippen molar-refractivity contribution in [1.29, 1.82) is 0 Å². The lowest BCUT2D eigenvalue weighted by Gasteiger charge is -2.21. The van der Waals surface area contributed by atoms with Gasteiger partial charge in [-0.05, 0) is 57.3 Å². The van der Waals surface area contributed by atoms with Crippen LogP contribution >= 0.6 is 0 Å². The summed E-state index contributed by atoms with van der Waals surface area (Å²) in [5.74, 6) is 0. The molecule has 1 aromatic rings. The van der Waals surface area contributed by atoms with Gasteiger partial charge in [-0.2, -0.15) is 0 Å². The number of para-hydroxylation sites is 1. The average molecular weight is 258 g/mol. The summed E-state index contributed by atoms with van der Waals surface area (Å²) in [6.45, 7) is 9.62. The van der Waals surface area contributed by atoms with E-state index in [0.717, 1.165) is 19.4 Å². The maximum atomic E-state index is 3.79. The van der Waals surface area contributed by atoms with Gasteiger partial charge < -0.3 is 5.32 Å². The van der Waals surface area contributed by atoms with Crippen LogP contribution in [0.1, 0.15) is 38.2 Å². The number of hydrogen-bond donors (Lipinski definition) is 1. The Labute approximate surface area is 117 Å². The summed E-state index contributed by atoms with van der Waals surface area (Å²) < 4.78 is 0. The van der Waals surface area contributed by atoms with Gasteiger partial charge in [0.2, 0.25) is 0 Å². The van der Waals surface area contributed by atoms with Gasteiger partial charge in [0.05, 0.1) is 0 Å². The Hall–Kier alpha value is -1.28. The van der Waals surface area contributed by atoms with Crippen molar-refractivity contribution >= 4 is 5.69 Å². The van der Waals surface area contributed by atoms with Gasteiger partial charge in [0.15, 0.2) is 0 Å². The molecule has 2 nitrogen and oxygen atoms in total. The van der Waals surface area contributed by atoms with Gasteiger partial charge >= 0.3 is 0 Å². The van der Waals surface area contributed by atoms with E-state index in [1.54, 1.807) is 0 Å². The second-order valence-corrected chi connectivity index (χ2v) is 5.55. The first-order valence-electron chi connectivity index (χ1n) is 7.47. The fourth-order valence-electron chi connectivity index (χ4n) is 2.69. The van der Waals surface area contributed by atoms with E-state index in [4.69, 9.17) is 0 Å². The third kappa shape index (κ3) is 4.39. The normalized spacial score (nSPS) is 17.3. The largest absolute Gasteiger partial charge is 0.382 e. The molecule has 0 aliphatic carbocycles. The van der Waals surface area contributed by atoms with Crippen molar-refractivity contribution in [2.45, 2.75) is 45.2 Å². The van der Waals surface area contributed by atoms with Crippen LogP contribution in [0.4, 0.5) is 5.69 Å². The maximum absolute atomic E-state index is 3.79. The van der Waals surface area contributed by atoms with Gasteiger partial charge in [0.1, 0.15) is 0 Å². The number of nitrogens with zero attached hydrogens (tertiary/aromatic N) is 1. The Bertz CT molecular complexity index is 394. The molecule has 0 aromatic heterocycles. The molecule has 104 valence electrons. The third-order valence-corrected chi connectivity index (χ3v) is 3.82. The Kier molecular flexibility index (Phi) is 5.46. The SMILES string of the molecule is C=CCCC(C)Nc1ccccc1CN1CCCC1. The topological polar surface area (TPSA) is 15.3 Å². The van der Waals surface area contributed by atoms with Crippen molar-refractivity contribution in [2.75, 3.05) is 18.4 Å². The highest BCUT2D eigenvalue weighted by atomic mass is 15.1. The zero-order valence-electron chi connectivity index (χ0n) is 12.1. The summed E-state index contributed by atoms with van der Waals surface area (Å²) >= 11 is 0. The lowest BCUT2D eigenvalue weighted by Crippen LogP contribution is -2.21. The molecule has 1 aliphatic rings. The number of allylic oxidation sites excluding steroid dienone is 1. The average Bonchev–Trinajstić information content (AvgIpc) is 2.91. The first kappa shape index (κ1) is 14.1. The molecule has 2 rings (SSSR count). The van der Waals surface area contributed by atoms with Crippen molar-refractivity contribution in [3.05, 3.63) is 42.5 Å². The van der Waals surface area contributed by atoms with Crippen LogP contribution in [0, 0.1) is 0 Å². The van der Waals surface area contributed by atoms with E-state index >= 15 is 0 Å². The van der Waals surface area contributed by atoms with Crippen molar-refractivity contribution < 1.29 is 0 Å². The molecular weight excluding hydrogens is 232 g/mol. The van der Waals surface area contributed by atoms with Crippen molar-refractivity contribution in [2.24, 2.45) is 0 Å². The van der Waals surface area contributed by atoms with Crippen LogP contribution in [0.5, 0.6) is 0 Å². The summed E-state index contributed by atoms with van der Waals surface area (Å²) in [6, 6.07) is 9.22. The van der Waals surface area contributed by atoms with Crippen molar-refractivity contribution in [3.63, 3.8) is 0 Å². The molecule has 1 unspecified atom stereocenters. The number of likely N-dealkylation sites (tertiary alicyclic amines) is 1. The molecule has 2 heteroatoms. The second-order valence-electron chi connectivity index (χ2n) is 5.55. The van der Waals surface area contributed by atoms with E-state index in [1.165, 1.54) is 37.2 Å². The molecule has 0 radical (unpaired) electrons. The summed E-state index contributed by atoms with van der Waals surface area (Å²) in [7, 11) is 0. The minimum Gasteiger partial charge on any atom is -0.382 e. The zero-order valence-corrected chi connectivity index (χ0v) is 12.1. The second kappa shape index (κ2) is 7.34. The van der Waals surface area contributed by atoms with Gasteiger partial charge in [-0.15, -0.1) is 6.58 Å². The number of rotatable bonds is 7. The highest BCUT2D eigenvalue weighted by Crippen LogP contribution is 2.21. The molecular formula is C17H26N2. The quantitative estimate of drug-likeness (QED) is 0.742. The van der Waals surface area contributed by atoms with Crippen molar-refractivity contribution in [1.82, 2.24) is 4.90 Å². The number of hydrogen-bond acceptors (Lipinski definition) is 2. The number of anilines is 1.